The first kappa shape index (κ1) is 19.0. The smallest absolute Gasteiger partial charge is 0.237 e. The normalized spacial score (nSPS) is 22.2. The summed E-state index contributed by atoms with van der Waals surface area (Å²) in [5.41, 5.74) is 8.80. The molecule has 2 aromatic rings. The fraction of sp³-hybridized carbons (Fsp3) is 0.435. The number of hydrogen-bond donors (Lipinski definition) is 1. The molecular formula is C23H29N3O2. The van der Waals surface area contributed by atoms with Crippen molar-refractivity contribution in [1.29, 1.82) is 0 Å². The molecule has 1 amide bonds. The maximum atomic E-state index is 13.1. The molecule has 1 aliphatic carbocycles. The first-order valence-corrected chi connectivity index (χ1v) is 10.1. The third-order valence-corrected chi connectivity index (χ3v) is 5.85. The molecule has 2 aromatic carbocycles. The van der Waals surface area contributed by atoms with Gasteiger partial charge < -0.3 is 15.4 Å². The lowest BCUT2D eigenvalue weighted by Crippen LogP contribution is -2.41. The van der Waals surface area contributed by atoms with Gasteiger partial charge in [-0.2, -0.15) is 0 Å². The molecule has 0 aromatic heterocycles. The maximum Gasteiger partial charge on any atom is 0.237 e. The highest BCUT2D eigenvalue weighted by Crippen LogP contribution is 2.30. The molecular weight excluding hydrogens is 350 g/mol. The van der Waals surface area contributed by atoms with E-state index in [-0.39, 0.29) is 11.9 Å². The first-order chi connectivity index (χ1) is 13.6. The molecule has 148 valence electrons. The number of benzene rings is 2. The van der Waals surface area contributed by atoms with Crippen molar-refractivity contribution in [2.45, 2.75) is 37.4 Å². The molecule has 4 rings (SSSR count). The molecule has 1 heterocycles. The van der Waals surface area contributed by atoms with Crippen LogP contribution in [0.1, 0.15) is 29.9 Å². The van der Waals surface area contributed by atoms with Crippen LogP contribution in [0.25, 0.3) is 0 Å². The van der Waals surface area contributed by atoms with Crippen molar-refractivity contribution in [2.24, 2.45) is 5.73 Å². The van der Waals surface area contributed by atoms with Gasteiger partial charge in [-0.25, -0.2) is 0 Å². The Labute approximate surface area is 167 Å². The zero-order chi connectivity index (χ0) is 19.5. The molecule has 0 bridgehead atoms. The number of hydrogen-bond acceptors (Lipinski definition) is 4. The number of carbonyl (C=O) groups is 1. The van der Waals surface area contributed by atoms with Crippen molar-refractivity contribution in [3.05, 3.63) is 65.7 Å². The average molecular weight is 380 g/mol. The number of amides is 1. The van der Waals surface area contributed by atoms with Crippen LogP contribution >= 0.6 is 0 Å². The number of ether oxygens (including phenoxy) is 1. The first-order valence-electron chi connectivity index (χ1n) is 10.1. The second-order valence-corrected chi connectivity index (χ2v) is 7.98. The van der Waals surface area contributed by atoms with Gasteiger partial charge in [0.05, 0.1) is 13.7 Å². The van der Waals surface area contributed by atoms with Crippen LogP contribution in [0.15, 0.2) is 54.6 Å². The van der Waals surface area contributed by atoms with Gasteiger partial charge in [0.2, 0.25) is 5.91 Å². The summed E-state index contributed by atoms with van der Waals surface area (Å²) >= 11 is 0. The fourth-order valence-corrected chi connectivity index (χ4v) is 4.11. The highest BCUT2D eigenvalue weighted by Gasteiger charge is 2.36. The molecule has 2 atom stereocenters. The average Bonchev–Trinajstić information content (AvgIpc) is 3.50. The molecule has 28 heavy (non-hydrogen) atoms. The van der Waals surface area contributed by atoms with Gasteiger partial charge in [0.25, 0.3) is 0 Å². The Morgan fingerprint density at radius 3 is 2.46 bits per heavy atom. The minimum atomic E-state index is 0.0752. The van der Waals surface area contributed by atoms with E-state index in [4.69, 9.17) is 10.5 Å². The van der Waals surface area contributed by atoms with E-state index in [9.17, 15) is 4.79 Å². The van der Waals surface area contributed by atoms with Gasteiger partial charge in [0.15, 0.2) is 0 Å². The summed E-state index contributed by atoms with van der Waals surface area (Å²) < 4.78 is 5.23. The molecule has 5 nitrogen and oxygen atoms in total. The van der Waals surface area contributed by atoms with Crippen molar-refractivity contribution in [3.8, 4) is 5.75 Å². The third-order valence-electron chi connectivity index (χ3n) is 5.85. The molecule has 2 N–H and O–H groups in total. The molecule has 5 heteroatoms. The monoisotopic (exact) mass is 379 g/mol. The lowest BCUT2D eigenvalue weighted by molar-refractivity contribution is -0.133. The van der Waals surface area contributed by atoms with Crippen LogP contribution in [0.4, 0.5) is 0 Å². The van der Waals surface area contributed by atoms with Gasteiger partial charge in [-0.05, 0) is 36.1 Å². The molecule has 2 aliphatic rings. The van der Waals surface area contributed by atoms with Crippen LogP contribution in [0.5, 0.6) is 5.75 Å². The number of nitrogens with zero attached hydrogens (tertiary/aromatic N) is 2. The molecule has 2 fully saturated rings. The van der Waals surface area contributed by atoms with Crippen molar-refractivity contribution < 1.29 is 9.53 Å². The fourth-order valence-electron chi connectivity index (χ4n) is 4.11. The quantitative estimate of drug-likeness (QED) is 0.803. The van der Waals surface area contributed by atoms with Crippen LogP contribution in [0.2, 0.25) is 0 Å². The van der Waals surface area contributed by atoms with E-state index < -0.39 is 0 Å². The molecule has 1 saturated carbocycles. The molecule has 1 saturated heterocycles. The van der Waals surface area contributed by atoms with Crippen molar-refractivity contribution in [1.82, 2.24) is 9.80 Å². The second kappa shape index (κ2) is 8.33. The van der Waals surface area contributed by atoms with Crippen LogP contribution in [0, 0.1) is 0 Å². The van der Waals surface area contributed by atoms with E-state index >= 15 is 0 Å². The Balaban J connectivity index is 1.38. The minimum absolute atomic E-state index is 0.0752. The zero-order valence-corrected chi connectivity index (χ0v) is 16.5. The summed E-state index contributed by atoms with van der Waals surface area (Å²) in [5, 5.41) is 0. The number of likely N-dealkylation sites (tertiary alicyclic amines) is 1. The van der Waals surface area contributed by atoms with E-state index in [0.29, 0.717) is 25.0 Å². The lowest BCUT2D eigenvalue weighted by atomic mass is 9.95. The standard InChI is InChI=1S/C23H29N3O2/c1-28-20-11-7-17(8-12-20)13-26(19-9-10-19)23(27)16-25-14-21(22(24)15-25)18-5-3-2-4-6-18/h2-8,11-12,19,21-22H,9-10,13-16,24H2,1H3/t21-,22+/m0/s1. The van der Waals surface area contributed by atoms with Crippen molar-refractivity contribution >= 4 is 5.91 Å². The van der Waals surface area contributed by atoms with Crippen LogP contribution in [-0.2, 0) is 11.3 Å². The van der Waals surface area contributed by atoms with Crippen molar-refractivity contribution in [2.75, 3.05) is 26.7 Å². The number of nitrogens with two attached hydrogens (primary N) is 1. The van der Waals surface area contributed by atoms with E-state index in [1.54, 1.807) is 7.11 Å². The van der Waals surface area contributed by atoms with Gasteiger partial charge in [0.1, 0.15) is 5.75 Å². The van der Waals surface area contributed by atoms with Crippen LogP contribution < -0.4 is 10.5 Å². The number of carbonyl (C=O) groups excluding carboxylic acids is 1. The SMILES string of the molecule is COc1ccc(CN(C(=O)CN2C[C@@H](N)[C@H](c3ccccc3)C2)C2CC2)cc1. The molecule has 0 radical (unpaired) electrons. The summed E-state index contributed by atoms with van der Waals surface area (Å²) in [5.74, 6) is 1.34. The summed E-state index contributed by atoms with van der Waals surface area (Å²) in [6, 6.07) is 18.9. The lowest BCUT2D eigenvalue weighted by Gasteiger charge is -2.25. The van der Waals surface area contributed by atoms with E-state index in [2.05, 4.69) is 29.2 Å². The Kier molecular flexibility index (Phi) is 5.64. The zero-order valence-electron chi connectivity index (χ0n) is 16.5. The van der Waals surface area contributed by atoms with Crippen LogP contribution in [-0.4, -0.2) is 54.5 Å². The minimum Gasteiger partial charge on any atom is -0.497 e. The molecule has 0 spiro atoms. The Morgan fingerprint density at radius 1 is 1.11 bits per heavy atom. The highest BCUT2D eigenvalue weighted by atomic mass is 16.5. The molecule has 1 aliphatic heterocycles. The van der Waals surface area contributed by atoms with Crippen molar-refractivity contribution in [3.63, 3.8) is 0 Å². The van der Waals surface area contributed by atoms with Gasteiger partial charge in [0, 0.05) is 37.6 Å². The summed E-state index contributed by atoms with van der Waals surface area (Å²) in [7, 11) is 1.67. The summed E-state index contributed by atoms with van der Waals surface area (Å²) in [4.78, 5) is 17.3. The van der Waals surface area contributed by atoms with Gasteiger partial charge in [-0.1, -0.05) is 42.5 Å². The number of methoxy groups -OCH3 is 1. The predicted molar refractivity (Wildman–Crippen MR) is 110 cm³/mol. The third kappa shape index (κ3) is 4.37. The Bertz CT molecular complexity index is 789. The van der Waals surface area contributed by atoms with Gasteiger partial charge in [-0.15, -0.1) is 0 Å². The van der Waals surface area contributed by atoms with Gasteiger partial charge >= 0.3 is 0 Å². The van der Waals surface area contributed by atoms with E-state index in [1.807, 2.05) is 35.2 Å². The summed E-state index contributed by atoms with van der Waals surface area (Å²) in [6.45, 7) is 2.73. The Hall–Kier alpha value is -2.37. The summed E-state index contributed by atoms with van der Waals surface area (Å²) in [6.07, 6.45) is 2.21. The predicted octanol–water partition coefficient (Wildman–Crippen LogP) is 2.61. The van der Waals surface area contributed by atoms with E-state index in [1.165, 1.54) is 5.56 Å². The van der Waals surface area contributed by atoms with E-state index in [0.717, 1.165) is 37.2 Å². The second-order valence-electron chi connectivity index (χ2n) is 7.98. The Morgan fingerprint density at radius 2 is 1.82 bits per heavy atom. The highest BCUT2D eigenvalue weighted by molar-refractivity contribution is 5.79. The maximum absolute atomic E-state index is 13.1. The largest absolute Gasteiger partial charge is 0.497 e. The topological polar surface area (TPSA) is 58.8 Å². The number of rotatable bonds is 7. The van der Waals surface area contributed by atoms with Crippen LogP contribution in [0.3, 0.4) is 0 Å². The molecule has 0 unspecified atom stereocenters. The van der Waals surface area contributed by atoms with Gasteiger partial charge in [-0.3, -0.25) is 9.69 Å².